The topological polar surface area (TPSA) is 60.1 Å². The molecule has 2 saturated heterocycles. The SMILES string of the molecule is CC(/C=C/[C@H]1OCC[C@@]2(CO2)[C@@H]1C)=C\CC1CCC(NC(=O)/C=C\[C@H](C)O[Si](C)(C)C(C)(C)C)CC1. The second-order valence-corrected chi connectivity index (χ2v) is 17.7. The molecule has 0 aromatic heterocycles. The summed E-state index contributed by atoms with van der Waals surface area (Å²) in [6.07, 6.45) is 17.0. The second kappa shape index (κ2) is 12.1. The van der Waals surface area contributed by atoms with Crippen molar-refractivity contribution < 1.29 is 18.7 Å². The number of carbonyl (C=O) groups is 1. The molecule has 1 spiro atoms. The molecule has 4 atom stereocenters. The minimum absolute atomic E-state index is 0.00236. The van der Waals surface area contributed by atoms with Gasteiger partial charge in [-0.15, -0.1) is 0 Å². The first kappa shape index (κ1) is 29.3. The summed E-state index contributed by atoms with van der Waals surface area (Å²) >= 11 is 0. The molecule has 3 aliphatic rings. The first-order chi connectivity index (χ1) is 16.8. The monoisotopic (exact) mass is 517 g/mol. The van der Waals surface area contributed by atoms with E-state index in [1.165, 1.54) is 5.57 Å². The Labute approximate surface area is 221 Å². The number of allylic oxidation sites excluding steroid dienone is 3. The Kier molecular flexibility index (Phi) is 9.86. The highest BCUT2D eigenvalue weighted by molar-refractivity contribution is 6.74. The molecule has 0 aromatic carbocycles. The fourth-order valence-electron chi connectivity index (χ4n) is 5.12. The number of amides is 1. The van der Waals surface area contributed by atoms with E-state index in [1.54, 1.807) is 6.08 Å². The first-order valence-electron chi connectivity index (χ1n) is 14.1. The summed E-state index contributed by atoms with van der Waals surface area (Å²) in [7, 11) is -1.83. The molecule has 0 radical (unpaired) electrons. The number of rotatable bonds is 9. The van der Waals surface area contributed by atoms with E-state index in [4.69, 9.17) is 13.9 Å². The second-order valence-electron chi connectivity index (χ2n) is 12.9. The van der Waals surface area contributed by atoms with E-state index in [1.807, 2.05) is 13.0 Å². The average molecular weight is 518 g/mol. The summed E-state index contributed by atoms with van der Waals surface area (Å²) in [5.74, 6) is 1.12. The number of ether oxygens (including phenoxy) is 2. The number of nitrogens with one attached hydrogen (secondary N) is 1. The van der Waals surface area contributed by atoms with Gasteiger partial charge in [0, 0.05) is 24.5 Å². The summed E-state index contributed by atoms with van der Waals surface area (Å²) in [6.45, 7) is 19.3. The third kappa shape index (κ3) is 8.14. The molecule has 0 bridgehead atoms. The molecule has 36 heavy (non-hydrogen) atoms. The lowest BCUT2D eigenvalue weighted by Crippen LogP contribution is -2.43. The molecule has 6 heteroatoms. The normalized spacial score (nSPS) is 32.8. The Balaban J connectivity index is 1.35. The molecule has 1 amide bonds. The first-order valence-corrected chi connectivity index (χ1v) is 17.0. The van der Waals surface area contributed by atoms with Crippen molar-refractivity contribution >= 4 is 14.2 Å². The largest absolute Gasteiger partial charge is 0.411 e. The predicted octanol–water partition coefficient (Wildman–Crippen LogP) is 6.71. The fourth-order valence-corrected chi connectivity index (χ4v) is 6.49. The summed E-state index contributed by atoms with van der Waals surface area (Å²) in [4.78, 5) is 12.5. The van der Waals surface area contributed by atoms with Crippen LogP contribution in [0.15, 0.2) is 36.0 Å². The Hall–Kier alpha value is -1.21. The van der Waals surface area contributed by atoms with E-state index < -0.39 is 8.32 Å². The molecule has 1 N–H and O–H groups in total. The minimum atomic E-state index is -1.83. The predicted molar refractivity (Wildman–Crippen MR) is 150 cm³/mol. The third-order valence-corrected chi connectivity index (χ3v) is 13.6. The smallest absolute Gasteiger partial charge is 0.243 e. The van der Waals surface area contributed by atoms with E-state index in [-0.39, 0.29) is 34.8 Å². The lowest BCUT2D eigenvalue weighted by molar-refractivity contribution is -0.117. The van der Waals surface area contributed by atoms with Crippen LogP contribution in [0.3, 0.4) is 0 Å². The van der Waals surface area contributed by atoms with Crippen LogP contribution in [0.25, 0.3) is 0 Å². The molecule has 3 rings (SSSR count). The summed E-state index contributed by atoms with van der Waals surface area (Å²) in [5.41, 5.74) is 1.39. The number of hydrogen-bond acceptors (Lipinski definition) is 4. The van der Waals surface area contributed by atoms with Gasteiger partial charge in [0.05, 0.1) is 31.0 Å². The zero-order valence-electron chi connectivity index (χ0n) is 24.1. The van der Waals surface area contributed by atoms with Crippen molar-refractivity contribution in [3.63, 3.8) is 0 Å². The standard InChI is InChI=1S/C30H51NO4Si/c1-22(10-17-27-24(3)30(21-34-30)19-20-33-27)9-12-25-13-15-26(16-14-25)31-28(32)18-11-23(2)35-36(7,8)29(4,5)6/h9-11,17-18,23-27H,12-16,19-21H2,1-8H3,(H,31,32)/b17-10+,18-11-,22-9+/t23-,24+,25?,26?,27+,30+/m0/s1. The van der Waals surface area contributed by atoms with E-state index >= 15 is 0 Å². The molecule has 1 aliphatic carbocycles. The van der Waals surface area contributed by atoms with Gasteiger partial charge in [0.25, 0.3) is 0 Å². The highest BCUT2D eigenvalue weighted by atomic mass is 28.4. The number of hydrogen-bond donors (Lipinski definition) is 1. The van der Waals surface area contributed by atoms with Crippen LogP contribution < -0.4 is 5.32 Å². The highest BCUT2D eigenvalue weighted by Crippen LogP contribution is 2.44. The molecule has 2 heterocycles. The van der Waals surface area contributed by atoms with Gasteiger partial charge < -0.3 is 19.2 Å². The van der Waals surface area contributed by atoms with Crippen molar-refractivity contribution in [3.05, 3.63) is 36.0 Å². The van der Waals surface area contributed by atoms with E-state index in [2.05, 4.69) is 71.3 Å². The van der Waals surface area contributed by atoms with Crippen LogP contribution in [0.1, 0.15) is 80.1 Å². The van der Waals surface area contributed by atoms with Crippen molar-refractivity contribution in [2.45, 2.75) is 122 Å². The van der Waals surface area contributed by atoms with Crippen LogP contribution >= 0.6 is 0 Å². The maximum absolute atomic E-state index is 12.5. The van der Waals surface area contributed by atoms with Crippen LogP contribution in [0.2, 0.25) is 18.1 Å². The molecular formula is C30H51NO4Si. The summed E-state index contributed by atoms with van der Waals surface area (Å²) < 4.78 is 18.0. The molecule has 204 valence electrons. The Bertz CT molecular complexity index is 828. The lowest BCUT2D eigenvalue weighted by atomic mass is 9.83. The zero-order chi connectivity index (χ0) is 26.6. The molecule has 0 aromatic rings. The van der Waals surface area contributed by atoms with Gasteiger partial charge in [0.15, 0.2) is 8.32 Å². The Morgan fingerprint density at radius 1 is 1.19 bits per heavy atom. The molecule has 1 saturated carbocycles. The van der Waals surface area contributed by atoms with Crippen LogP contribution in [-0.4, -0.2) is 51.3 Å². The van der Waals surface area contributed by atoms with Crippen LogP contribution in [0.4, 0.5) is 0 Å². The summed E-state index contributed by atoms with van der Waals surface area (Å²) in [5, 5.41) is 3.37. The quantitative estimate of drug-likeness (QED) is 0.160. The van der Waals surface area contributed by atoms with Gasteiger partial charge in [-0.3, -0.25) is 4.79 Å². The maximum atomic E-state index is 12.5. The van der Waals surface area contributed by atoms with Crippen molar-refractivity contribution in [1.82, 2.24) is 5.32 Å². The van der Waals surface area contributed by atoms with Gasteiger partial charge >= 0.3 is 0 Å². The minimum Gasteiger partial charge on any atom is -0.411 e. The van der Waals surface area contributed by atoms with Crippen molar-refractivity contribution in [2.24, 2.45) is 11.8 Å². The van der Waals surface area contributed by atoms with Gasteiger partial charge in [-0.05, 0) is 70.0 Å². The van der Waals surface area contributed by atoms with Crippen LogP contribution in [-0.2, 0) is 18.7 Å². The molecule has 3 fully saturated rings. The highest BCUT2D eigenvalue weighted by Gasteiger charge is 2.53. The van der Waals surface area contributed by atoms with E-state index in [0.29, 0.717) is 11.8 Å². The van der Waals surface area contributed by atoms with Gasteiger partial charge in [-0.25, -0.2) is 0 Å². The molecule has 2 aliphatic heterocycles. The van der Waals surface area contributed by atoms with Gasteiger partial charge in [0.2, 0.25) is 5.91 Å². The van der Waals surface area contributed by atoms with Gasteiger partial charge in [0.1, 0.15) is 0 Å². The van der Waals surface area contributed by atoms with E-state index in [9.17, 15) is 4.79 Å². The van der Waals surface area contributed by atoms with Crippen LogP contribution in [0, 0.1) is 11.8 Å². The van der Waals surface area contributed by atoms with Crippen molar-refractivity contribution in [3.8, 4) is 0 Å². The Morgan fingerprint density at radius 2 is 1.86 bits per heavy atom. The fraction of sp³-hybridized carbons (Fsp3) is 0.767. The van der Waals surface area contributed by atoms with Crippen molar-refractivity contribution in [1.29, 1.82) is 0 Å². The average Bonchev–Trinajstić information content (AvgIpc) is 3.57. The number of carbonyl (C=O) groups excluding carboxylic acids is 1. The summed E-state index contributed by atoms with van der Waals surface area (Å²) in [6, 6.07) is 0.280. The van der Waals surface area contributed by atoms with Crippen LogP contribution in [0.5, 0.6) is 0 Å². The molecule has 0 unspecified atom stereocenters. The zero-order valence-corrected chi connectivity index (χ0v) is 25.1. The Morgan fingerprint density at radius 3 is 2.47 bits per heavy atom. The molecule has 5 nitrogen and oxygen atoms in total. The number of epoxide rings is 1. The third-order valence-electron chi connectivity index (χ3n) is 8.99. The van der Waals surface area contributed by atoms with Crippen molar-refractivity contribution in [2.75, 3.05) is 13.2 Å². The molecular weight excluding hydrogens is 466 g/mol. The van der Waals surface area contributed by atoms with E-state index in [0.717, 1.165) is 51.7 Å². The van der Waals surface area contributed by atoms with Gasteiger partial charge in [-0.1, -0.05) is 57.6 Å². The maximum Gasteiger partial charge on any atom is 0.243 e. The van der Waals surface area contributed by atoms with Gasteiger partial charge in [-0.2, -0.15) is 0 Å². The lowest BCUT2D eigenvalue weighted by Gasteiger charge is -2.37.